The van der Waals surface area contributed by atoms with Crippen molar-refractivity contribution in [1.82, 2.24) is 18.3 Å². The molecule has 1 saturated carbocycles. The van der Waals surface area contributed by atoms with Crippen molar-refractivity contribution in [2.75, 3.05) is 0 Å². The summed E-state index contributed by atoms with van der Waals surface area (Å²) in [4.78, 5) is 40.4. The van der Waals surface area contributed by atoms with Crippen LogP contribution in [0.2, 0.25) is 0 Å². The summed E-state index contributed by atoms with van der Waals surface area (Å²) < 4.78 is 6.42. The Morgan fingerprint density at radius 2 is 1.74 bits per heavy atom. The van der Waals surface area contributed by atoms with Crippen LogP contribution in [0.1, 0.15) is 25.8 Å². The Kier molecular flexibility index (Phi) is 4.86. The number of nitrogens with two attached hydrogens (primary N) is 1. The average molecular weight is 469 g/mol. The van der Waals surface area contributed by atoms with Crippen LogP contribution in [0, 0.1) is 0 Å². The number of aromatic nitrogens is 4. The van der Waals surface area contributed by atoms with Gasteiger partial charge in [0.15, 0.2) is 5.69 Å². The van der Waals surface area contributed by atoms with Gasteiger partial charge in [0.1, 0.15) is 16.7 Å². The molecule has 0 aliphatic heterocycles. The molecule has 1 fully saturated rings. The van der Waals surface area contributed by atoms with Gasteiger partial charge in [0.25, 0.3) is 11.1 Å². The molecule has 3 aromatic heterocycles. The minimum absolute atomic E-state index is 0.107. The molecule has 176 valence electrons. The van der Waals surface area contributed by atoms with E-state index in [2.05, 4.69) is 35.9 Å². The monoisotopic (exact) mass is 468 g/mol. The number of pyridine rings is 1. The van der Waals surface area contributed by atoms with Crippen LogP contribution in [0.5, 0.6) is 0 Å². The van der Waals surface area contributed by atoms with E-state index in [-0.39, 0.29) is 17.2 Å². The fourth-order valence-corrected chi connectivity index (χ4v) is 4.93. The molecule has 35 heavy (non-hydrogen) atoms. The van der Waals surface area contributed by atoms with Crippen LogP contribution in [-0.4, -0.2) is 18.3 Å². The second kappa shape index (κ2) is 7.95. The lowest BCUT2D eigenvalue weighted by molar-refractivity contribution is -0.477. The zero-order valence-electron chi connectivity index (χ0n) is 19.6. The minimum atomic E-state index is -0.411. The highest BCUT2D eigenvalue weighted by molar-refractivity contribution is 5.86. The molecule has 2 N–H and O–H groups in total. The molecular formula is C27H26N5O3+. The van der Waals surface area contributed by atoms with Crippen molar-refractivity contribution in [1.29, 1.82) is 0 Å². The highest BCUT2D eigenvalue weighted by Gasteiger charge is 2.31. The fourth-order valence-electron chi connectivity index (χ4n) is 4.93. The highest BCUT2D eigenvalue weighted by Crippen LogP contribution is 2.33. The lowest BCUT2D eigenvalue weighted by Crippen LogP contribution is -2.72. The number of hydrogen-bond donors (Lipinski definition) is 1. The molecule has 3 heterocycles. The molecular weight excluding hydrogens is 442 g/mol. The summed E-state index contributed by atoms with van der Waals surface area (Å²) in [7, 11) is 1.60. The summed E-state index contributed by atoms with van der Waals surface area (Å²) in [5.74, 6) is 0. The van der Waals surface area contributed by atoms with Crippen molar-refractivity contribution in [3.63, 3.8) is 0 Å². The van der Waals surface area contributed by atoms with Crippen LogP contribution in [0.3, 0.4) is 0 Å². The quantitative estimate of drug-likeness (QED) is 0.403. The minimum Gasteiger partial charge on any atom is -0.348 e. The third-order valence-electron chi connectivity index (χ3n) is 6.87. The average Bonchev–Trinajstić information content (AvgIpc) is 3.61. The van der Waals surface area contributed by atoms with Crippen LogP contribution in [0.25, 0.3) is 27.6 Å². The second-order valence-electron chi connectivity index (χ2n) is 9.12. The standard InChI is InChI=1S/C27H25N5O3/c1-3-30-14-13-17-15-18(9-12-22(17)30)28-21-16-23(33)29(2)25-24(21)26(34)32(20-10-11-20)27(35)31(25)19-7-5-4-6-8-19/h4-9,12-16,20,28H,3,10-11H2,1-2H3/p+1. The maximum atomic E-state index is 13.8. The van der Waals surface area contributed by atoms with E-state index in [1.54, 1.807) is 7.05 Å². The molecule has 2 aromatic carbocycles. The summed E-state index contributed by atoms with van der Waals surface area (Å²) >= 11 is 0. The molecule has 0 spiro atoms. The third kappa shape index (κ3) is 3.37. The molecule has 1 aliphatic carbocycles. The molecule has 0 bridgehead atoms. The van der Waals surface area contributed by atoms with Crippen LogP contribution >= 0.6 is 0 Å². The number of quaternary nitrogens is 1. The van der Waals surface area contributed by atoms with Crippen molar-refractivity contribution >= 4 is 33.3 Å². The van der Waals surface area contributed by atoms with Gasteiger partial charge in [0.05, 0.1) is 11.8 Å². The molecule has 0 radical (unpaired) electrons. The van der Waals surface area contributed by atoms with E-state index in [1.165, 1.54) is 19.8 Å². The summed E-state index contributed by atoms with van der Waals surface area (Å²) in [6.45, 7) is 2.98. The van der Waals surface area contributed by atoms with Crippen molar-refractivity contribution in [2.24, 2.45) is 7.05 Å². The van der Waals surface area contributed by atoms with Crippen LogP contribution in [0.4, 0.5) is 11.4 Å². The van der Waals surface area contributed by atoms with Crippen molar-refractivity contribution in [3.05, 3.63) is 98.1 Å². The van der Waals surface area contributed by atoms with Gasteiger partial charge in [-0.15, -0.1) is 0 Å². The number of para-hydroxylation sites is 1. The van der Waals surface area contributed by atoms with E-state index in [9.17, 15) is 14.4 Å². The van der Waals surface area contributed by atoms with Gasteiger partial charge in [-0.25, -0.2) is 9.36 Å². The van der Waals surface area contributed by atoms with E-state index in [0.29, 0.717) is 22.4 Å². The van der Waals surface area contributed by atoms with Gasteiger partial charge < -0.3 is 4.57 Å². The molecule has 1 aliphatic rings. The number of fused-ring (bicyclic) bond motifs is 2. The zero-order valence-corrected chi connectivity index (χ0v) is 19.6. The van der Waals surface area contributed by atoms with Gasteiger partial charge in [0, 0.05) is 48.9 Å². The fraction of sp³-hybridized carbons (Fsp3) is 0.222. The Bertz CT molecular complexity index is 1790. The summed E-state index contributed by atoms with van der Waals surface area (Å²) in [6, 6.07) is 18.7. The smallest absolute Gasteiger partial charge is 0.337 e. The first-order valence-corrected chi connectivity index (χ1v) is 11.9. The number of hydrogen-bond acceptors (Lipinski definition) is 3. The number of benzene rings is 2. The van der Waals surface area contributed by atoms with E-state index in [1.807, 2.05) is 41.7 Å². The first-order chi connectivity index (χ1) is 17.0. The largest absolute Gasteiger partial charge is 0.348 e. The summed E-state index contributed by atoms with van der Waals surface area (Å²) in [6.07, 6.45) is 3.64. The van der Waals surface area contributed by atoms with Gasteiger partial charge in [-0.1, -0.05) is 18.2 Å². The van der Waals surface area contributed by atoms with Gasteiger partial charge in [0.2, 0.25) is 0 Å². The second-order valence-corrected chi connectivity index (χ2v) is 9.12. The first-order valence-electron chi connectivity index (χ1n) is 11.9. The molecule has 6 rings (SSSR count). The number of aryl methyl sites for hydroxylation is 2. The predicted molar refractivity (Wildman–Crippen MR) is 136 cm³/mol. The number of nitrogens with zero attached hydrogens (tertiary/aromatic N) is 4. The lowest BCUT2D eigenvalue weighted by Gasteiger charge is -2.17. The van der Waals surface area contributed by atoms with Crippen LogP contribution in [-0.2, 0) is 13.6 Å². The Balaban J connectivity index is 1.65. The Labute approximate surface area is 200 Å². The molecule has 0 unspecified atom stereocenters. The molecule has 8 heteroatoms. The summed E-state index contributed by atoms with van der Waals surface area (Å²) in [5.41, 5.74) is 2.41. The van der Waals surface area contributed by atoms with Gasteiger partial charge >= 0.3 is 5.69 Å². The van der Waals surface area contributed by atoms with Gasteiger partial charge in [-0.2, -0.15) is 0 Å². The van der Waals surface area contributed by atoms with E-state index < -0.39 is 5.69 Å². The summed E-state index contributed by atoms with van der Waals surface area (Å²) in [5, 5.41) is 3.32. The van der Waals surface area contributed by atoms with Gasteiger partial charge in [-0.05, 0) is 44.0 Å². The molecule has 8 nitrogen and oxygen atoms in total. The van der Waals surface area contributed by atoms with Crippen LogP contribution < -0.4 is 22.1 Å². The van der Waals surface area contributed by atoms with Crippen molar-refractivity contribution < 1.29 is 5.32 Å². The van der Waals surface area contributed by atoms with E-state index in [0.717, 1.165) is 36.0 Å². The topological polar surface area (TPSA) is 87.5 Å². The maximum absolute atomic E-state index is 13.8. The zero-order chi connectivity index (χ0) is 24.3. The normalized spacial score (nSPS) is 13.7. The molecule has 5 aromatic rings. The molecule has 0 saturated heterocycles. The Morgan fingerprint density at radius 3 is 2.46 bits per heavy atom. The SMILES string of the molecule is CCn1ccc2cc([NH2+]c3cc(=O)n(C)c4c3c(=O)n(C3CC3)c(=O)n4-c3ccccc3)ccc21. The number of rotatable bonds is 5. The first kappa shape index (κ1) is 21.4. The lowest BCUT2D eigenvalue weighted by atomic mass is 10.2. The Hall–Kier alpha value is -4.17. The van der Waals surface area contributed by atoms with Crippen molar-refractivity contribution in [2.45, 2.75) is 32.4 Å². The van der Waals surface area contributed by atoms with Crippen LogP contribution in [0.15, 0.2) is 81.2 Å². The van der Waals surface area contributed by atoms with Gasteiger partial charge in [-0.3, -0.25) is 24.0 Å². The van der Waals surface area contributed by atoms with Crippen molar-refractivity contribution in [3.8, 4) is 5.69 Å². The predicted octanol–water partition coefficient (Wildman–Crippen LogP) is 2.69. The van der Waals surface area contributed by atoms with E-state index in [4.69, 9.17) is 0 Å². The third-order valence-corrected chi connectivity index (χ3v) is 6.87. The maximum Gasteiger partial charge on any atom is 0.337 e. The highest BCUT2D eigenvalue weighted by atomic mass is 16.2. The molecule has 0 amide bonds. The Morgan fingerprint density at radius 1 is 0.971 bits per heavy atom. The van der Waals surface area contributed by atoms with E-state index >= 15 is 0 Å². The molecule has 0 atom stereocenters.